The molecule has 6 heteroatoms. The van der Waals surface area contributed by atoms with Crippen LogP contribution in [-0.2, 0) is 5.67 Å². The number of alkyl halides is 1. The number of carboxylic acid groups (broad SMARTS) is 1. The molecule has 114 valence electrons. The molecule has 1 atom stereocenters. The predicted molar refractivity (Wildman–Crippen MR) is 79.8 cm³/mol. The number of carboxylic acids is 1. The zero-order valence-electron chi connectivity index (χ0n) is 12.2. The van der Waals surface area contributed by atoms with Crippen molar-refractivity contribution in [2.24, 2.45) is 0 Å². The van der Waals surface area contributed by atoms with E-state index in [9.17, 15) is 4.79 Å². The van der Waals surface area contributed by atoms with Crippen LogP contribution in [0.4, 0.5) is 10.2 Å². The van der Waals surface area contributed by atoms with Gasteiger partial charge in [-0.15, -0.1) is 0 Å². The molecule has 22 heavy (non-hydrogen) atoms. The highest BCUT2D eigenvalue weighted by molar-refractivity contribution is 5.84. The topological polar surface area (TPSA) is 66.3 Å². The second-order valence-corrected chi connectivity index (χ2v) is 5.52. The van der Waals surface area contributed by atoms with Crippen molar-refractivity contribution in [1.82, 2.24) is 9.97 Å². The average Bonchev–Trinajstić information content (AvgIpc) is 2.91. The second-order valence-electron chi connectivity index (χ2n) is 5.52. The van der Waals surface area contributed by atoms with Gasteiger partial charge in [-0.1, -0.05) is 24.3 Å². The molecule has 0 radical (unpaired) electrons. The second kappa shape index (κ2) is 5.36. The lowest BCUT2D eigenvalue weighted by Gasteiger charge is -2.23. The Kier molecular flexibility index (Phi) is 3.52. The van der Waals surface area contributed by atoms with Crippen LogP contribution < -0.4 is 4.90 Å². The molecule has 0 bridgehead atoms. The normalized spacial score (nSPS) is 21.1. The fourth-order valence-electron chi connectivity index (χ4n) is 2.86. The minimum absolute atomic E-state index is 0.117. The molecular weight excluding hydrogens is 285 g/mol. The first-order valence-corrected chi connectivity index (χ1v) is 7.05. The number of aromatic nitrogens is 2. The van der Waals surface area contributed by atoms with E-state index in [1.807, 2.05) is 31.2 Å². The van der Waals surface area contributed by atoms with E-state index >= 15 is 4.39 Å². The highest BCUT2D eigenvalue weighted by atomic mass is 19.1. The van der Waals surface area contributed by atoms with Crippen LogP contribution in [0.2, 0.25) is 0 Å². The lowest BCUT2D eigenvalue weighted by molar-refractivity contribution is 0.0690. The maximum atomic E-state index is 15.3. The van der Waals surface area contributed by atoms with Crippen LogP contribution in [0.3, 0.4) is 0 Å². The highest BCUT2D eigenvalue weighted by Crippen LogP contribution is 2.38. The number of halogens is 1. The summed E-state index contributed by atoms with van der Waals surface area (Å²) in [6.07, 6.45) is 2.96. The van der Waals surface area contributed by atoms with Crippen molar-refractivity contribution in [2.75, 3.05) is 18.0 Å². The van der Waals surface area contributed by atoms with Crippen molar-refractivity contribution in [3.05, 3.63) is 53.5 Å². The summed E-state index contributed by atoms with van der Waals surface area (Å²) in [4.78, 5) is 20.5. The lowest BCUT2D eigenvalue weighted by Crippen LogP contribution is -2.28. The number of aromatic carboxylic acids is 1. The van der Waals surface area contributed by atoms with Gasteiger partial charge in [0.2, 0.25) is 0 Å². The van der Waals surface area contributed by atoms with E-state index in [0.717, 1.165) is 5.56 Å². The summed E-state index contributed by atoms with van der Waals surface area (Å²) in [6, 6.07) is 7.46. The fourth-order valence-corrected chi connectivity index (χ4v) is 2.86. The zero-order valence-corrected chi connectivity index (χ0v) is 12.2. The minimum Gasteiger partial charge on any atom is -0.476 e. The van der Waals surface area contributed by atoms with Crippen molar-refractivity contribution in [1.29, 1.82) is 0 Å². The van der Waals surface area contributed by atoms with E-state index in [0.29, 0.717) is 24.3 Å². The van der Waals surface area contributed by atoms with E-state index in [1.54, 1.807) is 4.90 Å². The number of benzene rings is 1. The van der Waals surface area contributed by atoms with Gasteiger partial charge in [0, 0.05) is 13.0 Å². The van der Waals surface area contributed by atoms with Crippen LogP contribution in [0.15, 0.2) is 36.7 Å². The van der Waals surface area contributed by atoms with Gasteiger partial charge in [0.15, 0.2) is 11.4 Å². The van der Waals surface area contributed by atoms with E-state index in [-0.39, 0.29) is 12.2 Å². The third kappa shape index (κ3) is 2.52. The standard InChI is InChI=1S/C16H16FN3O2/c1-11-4-2-3-5-12(11)16(17)6-7-20(10-16)14-9-18-13(8-19-14)15(21)22/h2-5,8-9H,6-7,10H2,1H3,(H,21,22). The number of rotatable bonds is 3. The molecule has 2 aromatic rings. The number of hydrogen-bond acceptors (Lipinski definition) is 4. The molecule has 0 amide bonds. The van der Waals surface area contributed by atoms with E-state index in [4.69, 9.17) is 5.11 Å². The maximum absolute atomic E-state index is 15.3. The average molecular weight is 301 g/mol. The summed E-state index contributed by atoms with van der Waals surface area (Å²) in [5.74, 6) is -0.627. The van der Waals surface area contributed by atoms with Crippen LogP contribution >= 0.6 is 0 Å². The molecule has 0 spiro atoms. The van der Waals surface area contributed by atoms with Crippen molar-refractivity contribution in [3.63, 3.8) is 0 Å². The molecule has 1 aliphatic rings. The Morgan fingerprint density at radius 1 is 1.32 bits per heavy atom. The summed E-state index contributed by atoms with van der Waals surface area (Å²) in [6.45, 7) is 2.62. The summed E-state index contributed by atoms with van der Waals surface area (Å²) >= 11 is 0. The van der Waals surface area contributed by atoms with Crippen molar-refractivity contribution < 1.29 is 14.3 Å². The van der Waals surface area contributed by atoms with Gasteiger partial charge in [-0.25, -0.2) is 19.2 Å². The molecule has 2 heterocycles. The van der Waals surface area contributed by atoms with Crippen molar-refractivity contribution >= 4 is 11.8 Å². The van der Waals surface area contributed by atoms with E-state index < -0.39 is 11.6 Å². The van der Waals surface area contributed by atoms with Crippen LogP contribution in [0.1, 0.15) is 28.0 Å². The molecular formula is C16H16FN3O2. The zero-order chi connectivity index (χ0) is 15.7. The molecule has 5 nitrogen and oxygen atoms in total. The van der Waals surface area contributed by atoms with Crippen molar-refractivity contribution in [2.45, 2.75) is 19.0 Å². The number of carbonyl (C=O) groups is 1. The summed E-state index contributed by atoms with van der Waals surface area (Å²) in [5.41, 5.74) is 0.0959. The molecule has 1 aromatic carbocycles. The minimum atomic E-state index is -1.42. The first-order valence-electron chi connectivity index (χ1n) is 7.05. The molecule has 1 saturated heterocycles. The Morgan fingerprint density at radius 2 is 2.09 bits per heavy atom. The number of anilines is 1. The van der Waals surface area contributed by atoms with Gasteiger partial charge in [-0.2, -0.15) is 0 Å². The molecule has 0 saturated carbocycles. The van der Waals surface area contributed by atoms with Gasteiger partial charge < -0.3 is 10.0 Å². The summed E-state index contributed by atoms with van der Waals surface area (Å²) in [5, 5.41) is 8.83. The fraction of sp³-hybridized carbons (Fsp3) is 0.312. The molecule has 1 aliphatic heterocycles. The van der Waals surface area contributed by atoms with Gasteiger partial charge in [-0.05, 0) is 18.1 Å². The third-order valence-electron chi connectivity index (χ3n) is 4.03. The predicted octanol–water partition coefficient (Wildman–Crippen LogP) is 2.56. The summed E-state index contributed by atoms with van der Waals surface area (Å²) in [7, 11) is 0. The molecule has 0 aliphatic carbocycles. The van der Waals surface area contributed by atoms with Gasteiger partial charge in [0.25, 0.3) is 0 Å². The number of hydrogen-bond donors (Lipinski definition) is 1. The van der Waals surface area contributed by atoms with Gasteiger partial charge in [0.05, 0.1) is 18.9 Å². The first-order chi connectivity index (χ1) is 10.5. The Labute approximate surface area is 127 Å². The quantitative estimate of drug-likeness (QED) is 0.943. The van der Waals surface area contributed by atoms with Crippen molar-refractivity contribution in [3.8, 4) is 0 Å². The van der Waals surface area contributed by atoms with E-state index in [2.05, 4.69) is 9.97 Å². The largest absolute Gasteiger partial charge is 0.476 e. The maximum Gasteiger partial charge on any atom is 0.356 e. The Hall–Kier alpha value is -2.50. The highest BCUT2D eigenvalue weighted by Gasteiger charge is 2.41. The molecule has 3 rings (SSSR count). The Bertz CT molecular complexity index is 705. The van der Waals surface area contributed by atoms with Crippen LogP contribution in [0, 0.1) is 6.92 Å². The van der Waals surface area contributed by atoms with Gasteiger partial charge >= 0.3 is 5.97 Å². The van der Waals surface area contributed by atoms with Gasteiger partial charge in [-0.3, -0.25) is 0 Å². The SMILES string of the molecule is Cc1ccccc1C1(F)CCN(c2cnc(C(=O)O)cn2)C1. The van der Waals surface area contributed by atoms with Crippen LogP contribution in [0.25, 0.3) is 0 Å². The molecule has 1 aromatic heterocycles. The van der Waals surface area contributed by atoms with Crippen LogP contribution in [-0.4, -0.2) is 34.1 Å². The molecule has 1 N–H and O–H groups in total. The van der Waals surface area contributed by atoms with E-state index in [1.165, 1.54) is 12.4 Å². The monoisotopic (exact) mass is 301 g/mol. The molecule has 1 unspecified atom stereocenters. The Balaban J connectivity index is 1.82. The lowest BCUT2D eigenvalue weighted by atomic mass is 9.91. The Morgan fingerprint density at radius 3 is 2.73 bits per heavy atom. The smallest absolute Gasteiger partial charge is 0.356 e. The summed E-state index contributed by atoms with van der Waals surface area (Å²) < 4.78 is 15.3. The number of nitrogens with zero attached hydrogens (tertiary/aromatic N) is 3. The van der Waals surface area contributed by atoms with Crippen LogP contribution in [0.5, 0.6) is 0 Å². The number of aryl methyl sites for hydroxylation is 1. The first kappa shape index (κ1) is 14.4. The molecule has 1 fully saturated rings. The van der Waals surface area contributed by atoms with Gasteiger partial charge in [0.1, 0.15) is 5.82 Å². The third-order valence-corrected chi connectivity index (χ3v) is 4.03.